The Morgan fingerprint density at radius 1 is 1.40 bits per heavy atom. The monoisotopic (exact) mass is 214 g/mol. The second kappa shape index (κ2) is 5.70. The van der Waals surface area contributed by atoms with Crippen molar-refractivity contribution in [1.29, 1.82) is 0 Å². The van der Waals surface area contributed by atoms with Gasteiger partial charge in [-0.15, -0.1) is 0 Å². The highest BCUT2D eigenvalue weighted by molar-refractivity contribution is 6.04. The number of aliphatic hydroxyl groups is 1. The zero-order valence-corrected chi connectivity index (χ0v) is 9.03. The number of imide groups is 1. The number of hydrogen-bond acceptors (Lipinski definition) is 3. The highest BCUT2D eigenvalue weighted by Crippen LogP contribution is 2.11. The molecule has 86 valence electrons. The van der Waals surface area contributed by atoms with Crippen LogP contribution in [0.5, 0.6) is 0 Å². The van der Waals surface area contributed by atoms with Gasteiger partial charge in [-0.05, 0) is 19.3 Å². The maximum absolute atomic E-state index is 11.7. The Hall–Kier alpha value is -1.10. The lowest BCUT2D eigenvalue weighted by Crippen LogP contribution is -2.32. The van der Waals surface area contributed by atoms with Gasteiger partial charge in [-0.1, -0.05) is 13.3 Å². The predicted octanol–water partition coefficient (Wildman–Crippen LogP) is 0.479. The fraction of sp³-hybridized carbons (Fsp3) is 0.800. The van der Waals surface area contributed by atoms with Crippen molar-refractivity contribution in [2.24, 2.45) is 0 Å². The van der Waals surface area contributed by atoms with Gasteiger partial charge in [0.15, 0.2) is 0 Å². The number of urea groups is 1. The van der Waals surface area contributed by atoms with Crippen molar-refractivity contribution in [3.63, 3.8) is 0 Å². The number of amides is 3. The molecule has 1 aliphatic heterocycles. The lowest BCUT2D eigenvalue weighted by Gasteiger charge is -2.11. The first-order valence-corrected chi connectivity index (χ1v) is 5.43. The lowest BCUT2D eigenvalue weighted by atomic mass is 10.1. The van der Waals surface area contributed by atoms with Gasteiger partial charge in [-0.2, -0.15) is 0 Å². The first kappa shape index (κ1) is 12.0. The van der Waals surface area contributed by atoms with E-state index in [0.29, 0.717) is 25.8 Å². The van der Waals surface area contributed by atoms with Crippen LogP contribution in [0.3, 0.4) is 0 Å². The van der Waals surface area contributed by atoms with E-state index in [-0.39, 0.29) is 24.6 Å². The average Bonchev–Trinajstić information content (AvgIpc) is 2.46. The minimum Gasteiger partial charge on any atom is -0.396 e. The average molecular weight is 214 g/mol. The molecule has 1 saturated heterocycles. The Morgan fingerprint density at radius 3 is 2.73 bits per heavy atom. The number of carbonyl (C=O) groups is 2. The first-order chi connectivity index (χ1) is 7.20. The Labute approximate surface area is 89.4 Å². The molecule has 1 heterocycles. The van der Waals surface area contributed by atoms with Gasteiger partial charge in [0.1, 0.15) is 6.04 Å². The minimum absolute atomic E-state index is 0.0992. The summed E-state index contributed by atoms with van der Waals surface area (Å²) in [7, 11) is 0. The fourth-order valence-electron chi connectivity index (χ4n) is 1.65. The van der Waals surface area contributed by atoms with Crippen LogP contribution in [0.2, 0.25) is 0 Å². The van der Waals surface area contributed by atoms with Crippen LogP contribution >= 0.6 is 0 Å². The SMILES string of the molecule is CCCC1NC(=O)N(CCCCO)C1=O. The molecule has 1 rings (SSSR count). The van der Waals surface area contributed by atoms with Crippen LogP contribution in [0.25, 0.3) is 0 Å². The molecule has 15 heavy (non-hydrogen) atoms. The second-order valence-electron chi connectivity index (χ2n) is 3.71. The van der Waals surface area contributed by atoms with Gasteiger partial charge in [-0.3, -0.25) is 9.69 Å². The van der Waals surface area contributed by atoms with Crippen LogP contribution in [-0.2, 0) is 4.79 Å². The third-order valence-electron chi connectivity index (χ3n) is 2.47. The van der Waals surface area contributed by atoms with E-state index in [2.05, 4.69) is 5.32 Å². The molecule has 5 nitrogen and oxygen atoms in total. The summed E-state index contributed by atoms with van der Waals surface area (Å²) in [6.45, 7) is 2.49. The Kier molecular flexibility index (Phi) is 4.55. The second-order valence-corrected chi connectivity index (χ2v) is 3.71. The van der Waals surface area contributed by atoms with Crippen molar-refractivity contribution in [2.75, 3.05) is 13.2 Å². The molecule has 0 aromatic rings. The first-order valence-electron chi connectivity index (χ1n) is 5.43. The number of rotatable bonds is 6. The predicted molar refractivity (Wildman–Crippen MR) is 55.3 cm³/mol. The standard InChI is InChI=1S/C10H18N2O3/c1-2-5-8-9(14)12(10(15)11-8)6-3-4-7-13/h8,13H,2-7H2,1H3,(H,11,15). The summed E-state index contributed by atoms with van der Waals surface area (Å²) in [6.07, 6.45) is 2.85. The molecule has 1 atom stereocenters. The summed E-state index contributed by atoms with van der Waals surface area (Å²) in [6, 6.07) is -0.631. The van der Waals surface area contributed by atoms with Gasteiger partial charge in [0.25, 0.3) is 5.91 Å². The molecule has 2 N–H and O–H groups in total. The zero-order valence-electron chi connectivity index (χ0n) is 9.03. The number of nitrogens with zero attached hydrogens (tertiary/aromatic N) is 1. The van der Waals surface area contributed by atoms with Gasteiger partial charge in [0.2, 0.25) is 0 Å². The Morgan fingerprint density at radius 2 is 2.13 bits per heavy atom. The quantitative estimate of drug-likeness (QED) is 0.499. The molecule has 0 aromatic carbocycles. The summed E-state index contributed by atoms with van der Waals surface area (Å²) in [5, 5.41) is 11.3. The van der Waals surface area contributed by atoms with Gasteiger partial charge in [-0.25, -0.2) is 4.79 Å². The van der Waals surface area contributed by atoms with E-state index in [1.165, 1.54) is 4.90 Å². The molecule has 3 amide bonds. The smallest absolute Gasteiger partial charge is 0.324 e. The van der Waals surface area contributed by atoms with Gasteiger partial charge >= 0.3 is 6.03 Å². The van der Waals surface area contributed by atoms with E-state index in [4.69, 9.17) is 5.11 Å². The van der Waals surface area contributed by atoms with Crippen LogP contribution in [0, 0.1) is 0 Å². The highest BCUT2D eigenvalue weighted by Gasteiger charge is 2.36. The number of carbonyl (C=O) groups excluding carboxylic acids is 2. The van der Waals surface area contributed by atoms with E-state index < -0.39 is 0 Å². The molecular formula is C10H18N2O3. The van der Waals surface area contributed by atoms with Crippen molar-refractivity contribution in [2.45, 2.75) is 38.6 Å². The molecule has 0 aromatic heterocycles. The summed E-state index contributed by atoms with van der Waals surface area (Å²) in [5.74, 6) is -0.125. The third kappa shape index (κ3) is 2.92. The number of aliphatic hydroxyl groups excluding tert-OH is 1. The van der Waals surface area contributed by atoms with Gasteiger partial charge < -0.3 is 10.4 Å². The van der Waals surface area contributed by atoms with Crippen LogP contribution in [0.1, 0.15) is 32.6 Å². The van der Waals surface area contributed by atoms with Crippen molar-refractivity contribution in [3.05, 3.63) is 0 Å². The normalized spacial score (nSPS) is 20.9. The summed E-state index contributed by atoms with van der Waals surface area (Å²) in [5.41, 5.74) is 0. The number of unbranched alkanes of at least 4 members (excludes halogenated alkanes) is 1. The highest BCUT2D eigenvalue weighted by atomic mass is 16.3. The van der Waals surface area contributed by atoms with Gasteiger partial charge in [0, 0.05) is 13.2 Å². The molecule has 1 fully saturated rings. The Bertz CT molecular complexity index is 243. The maximum atomic E-state index is 11.7. The molecule has 0 saturated carbocycles. The van der Waals surface area contributed by atoms with Crippen LogP contribution in [-0.4, -0.2) is 41.1 Å². The summed E-state index contributed by atoms with van der Waals surface area (Å²) < 4.78 is 0. The van der Waals surface area contributed by atoms with Crippen LogP contribution in [0.4, 0.5) is 4.79 Å². The number of nitrogens with one attached hydrogen (secondary N) is 1. The van der Waals surface area contributed by atoms with E-state index in [1.807, 2.05) is 6.92 Å². The van der Waals surface area contributed by atoms with E-state index >= 15 is 0 Å². The molecular weight excluding hydrogens is 196 g/mol. The summed E-state index contributed by atoms with van der Waals surface area (Å²) in [4.78, 5) is 24.3. The largest absolute Gasteiger partial charge is 0.396 e. The van der Waals surface area contributed by atoms with Crippen molar-refractivity contribution < 1.29 is 14.7 Å². The molecule has 0 radical (unpaired) electrons. The van der Waals surface area contributed by atoms with Crippen molar-refractivity contribution in [1.82, 2.24) is 10.2 Å². The zero-order chi connectivity index (χ0) is 11.3. The third-order valence-corrected chi connectivity index (χ3v) is 2.47. The molecule has 5 heteroatoms. The van der Waals surface area contributed by atoms with E-state index in [1.54, 1.807) is 0 Å². The minimum atomic E-state index is -0.336. The molecule has 0 aliphatic carbocycles. The Balaban J connectivity index is 2.44. The lowest BCUT2D eigenvalue weighted by molar-refractivity contribution is -0.127. The van der Waals surface area contributed by atoms with Crippen molar-refractivity contribution >= 4 is 11.9 Å². The number of hydrogen-bond donors (Lipinski definition) is 2. The van der Waals surface area contributed by atoms with Crippen LogP contribution < -0.4 is 5.32 Å². The molecule has 0 spiro atoms. The van der Waals surface area contributed by atoms with Gasteiger partial charge in [0.05, 0.1) is 0 Å². The summed E-state index contributed by atoms with van der Waals surface area (Å²) >= 11 is 0. The van der Waals surface area contributed by atoms with Crippen LogP contribution in [0.15, 0.2) is 0 Å². The maximum Gasteiger partial charge on any atom is 0.324 e. The van der Waals surface area contributed by atoms with Crippen molar-refractivity contribution in [3.8, 4) is 0 Å². The molecule has 0 bridgehead atoms. The van der Waals surface area contributed by atoms with E-state index in [0.717, 1.165) is 6.42 Å². The fourth-order valence-corrected chi connectivity index (χ4v) is 1.65. The molecule has 1 unspecified atom stereocenters. The van der Waals surface area contributed by atoms with E-state index in [9.17, 15) is 9.59 Å². The molecule has 1 aliphatic rings. The topological polar surface area (TPSA) is 69.6 Å².